The SMILES string of the molecule is C=c1cc2c(c(C)c1O)=CC=C1C2(C)CCC2CC(C)(CCC(C)CN)CCC12C. The van der Waals surface area contributed by atoms with Gasteiger partial charge in [-0.05, 0) is 103 Å². The third-order valence-electron chi connectivity index (χ3n) is 9.42. The van der Waals surface area contributed by atoms with Gasteiger partial charge in [0.15, 0.2) is 0 Å². The van der Waals surface area contributed by atoms with E-state index in [4.69, 9.17) is 5.73 Å². The topological polar surface area (TPSA) is 46.2 Å². The summed E-state index contributed by atoms with van der Waals surface area (Å²) in [5, 5.41) is 12.4. The van der Waals surface area contributed by atoms with Crippen LogP contribution in [-0.4, -0.2) is 11.7 Å². The molecule has 1 aromatic carbocycles. The molecule has 3 aliphatic rings. The predicted octanol–water partition coefficient (Wildman–Crippen LogP) is 5.07. The summed E-state index contributed by atoms with van der Waals surface area (Å²) in [5.74, 6) is 1.75. The van der Waals surface area contributed by atoms with Crippen LogP contribution in [0.4, 0.5) is 0 Å². The monoisotopic (exact) mass is 407 g/mol. The van der Waals surface area contributed by atoms with Gasteiger partial charge in [0, 0.05) is 10.6 Å². The van der Waals surface area contributed by atoms with Crippen LogP contribution in [-0.2, 0) is 5.41 Å². The van der Waals surface area contributed by atoms with Crippen LogP contribution in [0.5, 0.6) is 5.75 Å². The molecule has 0 heterocycles. The van der Waals surface area contributed by atoms with E-state index in [2.05, 4.69) is 52.5 Å². The first-order valence-electron chi connectivity index (χ1n) is 12.0. The van der Waals surface area contributed by atoms with Gasteiger partial charge in [-0.2, -0.15) is 0 Å². The molecule has 2 fully saturated rings. The molecule has 0 amide bonds. The van der Waals surface area contributed by atoms with Gasteiger partial charge >= 0.3 is 0 Å². The molecule has 1 aromatic rings. The average Bonchev–Trinajstić information content (AvgIpc) is 2.71. The fourth-order valence-corrected chi connectivity index (χ4v) is 7.01. The van der Waals surface area contributed by atoms with E-state index in [0.717, 1.165) is 23.2 Å². The Morgan fingerprint density at radius 1 is 1.20 bits per heavy atom. The van der Waals surface area contributed by atoms with E-state index >= 15 is 0 Å². The molecule has 0 spiro atoms. The highest BCUT2D eigenvalue weighted by Gasteiger charge is 2.54. The highest BCUT2D eigenvalue weighted by Crippen LogP contribution is 2.63. The van der Waals surface area contributed by atoms with Crippen molar-refractivity contribution in [1.29, 1.82) is 0 Å². The summed E-state index contributed by atoms with van der Waals surface area (Å²) in [6.45, 7) is 16.8. The smallest absolute Gasteiger partial charge is 0.125 e. The molecule has 0 radical (unpaired) electrons. The van der Waals surface area contributed by atoms with Gasteiger partial charge in [-0.3, -0.25) is 0 Å². The van der Waals surface area contributed by atoms with Crippen molar-refractivity contribution >= 4 is 12.7 Å². The van der Waals surface area contributed by atoms with Crippen LogP contribution in [0.2, 0.25) is 0 Å². The normalized spacial score (nSPS) is 36.1. The summed E-state index contributed by atoms with van der Waals surface area (Å²) in [4.78, 5) is 0. The van der Waals surface area contributed by atoms with Gasteiger partial charge in [0.05, 0.1) is 0 Å². The lowest BCUT2D eigenvalue weighted by atomic mass is 9.46. The van der Waals surface area contributed by atoms with Gasteiger partial charge in [-0.1, -0.05) is 52.0 Å². The molecular formula is C28H41NO. The molecule has 3 aliphatic carbocycles. The molecule has 0 aliphatic heterocycles. The van der Waals surface area contributed by atoms with E-state index in [-0.39, 0.29) is 10.8 Å². The number of phenolic OH excluding ortho intramolecular Hbond substituents is 1. The maximum Gasteiger partial charge on any atom is 0.125 e. The zero-order valence-corrected chi connectivity index (χ0v) is 19.8. The first-order valence-corrected chi connectivity index (χ1v) is 12.0. The second-order valence-electron chi connectivity index (χ2n) is 11.6. The number of aromatic hydroxyl groups is 1. The van der Waals surface area contributed by atoms with E-state index in [1.807, 2.05) is 6.92 Å². The lowest BCUT2D eigenvalue weighted by Crippen LogP contribution is -2.51. The maximum absolute atomic E-state index is 10.4. The number of hydrogen-bond donors (Lipinski definition) is 2. The van der Waals surface area contributed by atoms with Crippen molar-refractivity contribution in [1.82, 2.24) is 0 Å². The summed E-state index contributed by atoms with van der Waals surface area (Å²) in [6.07, 6.45) is 13.7. The second kappa shape index (κ2) is 7.26. The van der Waals surface area contributed by atoms with E-state index in [1.165, 1.54) is 55.7 Å². The van der Waals surface area contributed by atoms with Crippen LogP contribution in [0.15, 0.2) is 17.7 Å². The highest BCUT2D eigenvalue weighted by molar-refractivity contribution is 5.60. The van der Waals surface area contributed by atoms with Crippen molar-refractivity contribution in [3.63, 3.8) is 0 Å². The highest BCUT2D eigenvalue weighted by atomic mass is 16.3. The molecule has 0 aromatic heterocycles. The Labute approximate surface area is 183 Å². The van der Waals surface area contributed by atoms with Crippen LogP contribution in [0.25, 0.3) is 12.7 Å². The Kier molecular flexibility index (Phi) is 5.25. The summed E-state index contributed by atoms with van der Waals surface area (Å²) < 4.78 is 0. The van der Waals surface area contributed by atoms with Crippen molar-refractivity contribution in [2.24, 2.45) is 28.4 Å². The van der Waals surface area contributed by atoms with Crippen LogP contribution in [0, 0.1) is 29.6 Å². The molecule has 5 unspecified atom stereocenters. The van der Waals surface area contributed by atoms with Gasteiger partial charge in [0.25, 0.3) is 0 Å². The van der Waals surface area contributed by atoms with E-state index in [1.54, 1.807) is 5.57 Å². The van der Waals surface area contributed by atoms with Gasteiger partial charge in [-0.25, -0.2) is 0 Å². The van der Waals surface area contributed by atoms with Crippen molar-refractivity contribution in [3.05, 3.63) is 39.3 Å². The van der Waals surface area contributed by atoms with Crippen molar-refractivity contribution in [2.45, 2.75) is 85.0 Å². The molecule has 2 nitrogen and oxygen atoms in total. The minimum Gasteiger partial charge on any atom is -0.507 e. The molecule has 0 bridgehead atoms. The van der Waals surface area contributed by atoms with Gasteiger partial charge in [-0.15, -0.1) is 0 Å². The first kappa shape index (κ1) is 21.7. The third kappa shape index (κ3) is 3.18. The summed E-state index contributed by atoms with van der Waals surface area (Å²) in [7, 11) is 0. The van der Waals surface area contributed by atoms with Gasteiger partial charge < -0.3 is 10.8 Å². The van der Waals surface area contributed by atoms with Crippen LogP contribution >= 0.6 is 0 Å². The third-order valence-corrected chi connectivity index (χ3v) is 9.42. The molecular weight excluding hydrogens is 366 g/mol. The van der Waals surface area contributed by atoms with E-state index in [9.17, 15) is 5.11 Å². The van der Waals surface area contributed by atoms with Gasteiger partial charge in [0.1, 0.15) is 5.75 Å². The number of hydrogen-bond acceptors (Lipinski definition) is 2. The zero-order valence-electron chi connectivity index (χ0n) is 19.8. The number of benzene rings is 1. The quantitative estimate of drug-likeness (QED) is 0.732. The summed E-state index contributed by atoms with van der Waals surface area (Å²) in [6, 6.07) is 2.16. The molecule has 0 saturated heterocycles. The minimum atomic E-state index is 0.0576. The Morgan fingerprint density at radius 2 is 1.93 bits per heavy atom. The number of phenols is 1. The summed E-state index contributed by atoms with van der Waals surface area (Å²) in [5.41, 5.74) is 10.7. The fraction of sp³-hybridized carbons (Fsp3) is 0.643. The zero-order chi connectivity index (χ0) is 21.9. The molecule has 2 saturated carbocycles. The van der Waals surface area contributed by atoms with E-state index in [0.29, 0.717) is 17.1 Å². The Morgan fingerprint density at radius 3 is 2.63 bits per heavy atom. The fourth-order valence-electron chi connectivity index (χ4n) is 7.01. The summed E-state index contributed by atoms with van der Waals surface area (Å²) >= 11 is 0. The Bertz CT molecular complexity index is 991. The standard InChI is InChI=1S/C28H41NO/c1-18(17-29)9-11-26(4)13-14-27(5)21(16-26)10-12-28(6)23-15-19(2)25(30)20(3)22(23)7-8-24(27)28/h7-8,15,18,21,30H,2,9-14,16-17,29H2,1,3-6H3. The molecule has 4 rings (SSSR count). The Hall–Kier alpha value is -1.54. The van der Waals surface area contributed by atoms with Gasteiger partial charge in [0.2, 0.25) is 0 Å². The first-order chi connectivity index (χ1) is 14.0. The van der Waals surface area contributed by atoms with Crippen LogP contribution < -0.4 is 16.2 Å². The van der Waals surface area contributed by atoms with Crippen LogP contribution in [0.3, 0.4) is 0 Å². The largest absolute Gasteiger partial charge is 0.507 e. The van der Waals surface area contributed by atoms with E-state index < -0.39 is 0 Å². The molecule has 2 heteroatoms. The lowest BCUT2D eigenvalue weighted by Gasteiger charge is -2.58. The predicted molar refractivity (Wildman–Crippen MR) is 128 cm³/mol. The van der Waals surface area contributed by atoms with Crippen molar-refractivity contribution < 1.29 is 5.11 Å². The Balaban J connectivity index is 1.69. The maximum atomic E-state index is 10.4. The van der Waals surface area contributed by atoms with Crippen LogP contribution in [0.1, 0.15) is 83.8 Å². The molecule has 30 heavy (non-hydrogen) atoms. The number of fused-ring (bicyclic) bond motifs is 5. The number of rotatable bonds is 4. The van der Waals surface area contributed by atoms with Crippen molar-refractivity contribution in [2.75, 3.05) is 6.54 Å². The molecule has 5 atom stereocenters. The second-order valence-corrected chi connectivity index (χ2v) is 11.6. The molecule has 164 valence electrons. The minimum absolute atomic E-state index is 0.0576. The average molecular weight is 408 g/mol. The lowest BCUT2D eigenvalue weighted by molar-refractivity contribution is 0.0114. The number of nitrogens with two attached hydrogens (primary N) is 1. The molecule has 3 N–H and O–H groups in total. The van der Waals surface area contributed by atoms with Crippen molar-refractivity contribution in [3.8, 4) is 5.75 Å². The number of allylic oxidation sites excluding steroid dienone is 2.